The molecule has 0 spiro atoms. The van der Waals surface area contributed by atoms with Crippen LogP contribution in [-0.2, 0) is 11.3 Å². The third-order valence-electron chi connectivity index (χ3n) is 5.26. The molecule has 0 saturated carbocycles. The molecule has 0 atom stereocenters. The third kappa shape index (κ3) is 6.34. The molecule has 2 N–H and O–H groups in total. The van der Waals surface area contributed by atoms with Gasteiger partial charge in [0, 0.05) is 37.6 Å². The Morgan fingerprint density at radius 1 is 1.36 bits per heavy atom. The molecule has 0 aliphatic carbocycles. The smallest absolute Gasteiger partial charge is 0.270 e. The standard InChI is InChI=1S/C24H29N5O3S/c1-3-10-26-22(30)20(16-25)24-29(4-2)23(31)21(33-24)17-27-18-8-7-9-19(15-18)32-14-13-28-11-5-6-12-28/h3,7-9,15,17,27H,1,4-6,10-14H2,2H3,(H,26,30). The first kappa shape index (κ1) is 24.3. The number of aromatic nitrogens is 1. The second-order valence-electron chi connectivity index (χ2n) is 7.52. The first-order valence-electron chi connectivity index (χ1n) is 11.0. The fraction of sp³-hybridized carbons (Fsp3) is 0.375. The van der Waals surface area contributed by atoms with Crippen LogP contribution in [-0.4, -0.2) is 48.2 Å². The lowest BCUT2D eigenvalue weighted by molar-refractivity contribution is -0.115. The van der Waals surface area contributed by atoms with Crippen molar-refractivity contribution < 1.29 is 9.53 Å². The Hall–Kier alpha value is -3.35. The number of thiazole rings is 1. The van der Waals surface area contributed by atoms with E-state index < -0.39 is 5.91 Å². The monoisotopic (exact) mass is 467 g/mol. The van der Waals surface area contributed by atoms with Crippen molar-refractivity contribution in [1.82, 2.24) is 14.8 Å². The minimum atomic E-state index is -0.529. The molecule has 9 heteroatoms. The number of benzene rings is 1. The van der Waals surface area contributed by atoms with Crippen molar-refractivity contribution >= 4 is 34.7 Å². The topological polar surface area (TPSA) is 99.4 Å². The highest BCUT2D eigenvalue weighted by Gasteiger charge is 2.14. The quantitative estimate of drug-likeness (QED) is 0.510. The van der Waals surface area contributed by atoms with Crippen molar-refractivity contribution in [2.24, 2.45) is 0 Å². The second kappa shape index (κ2) is 12.0. The molecule has 174 valence electrons. The number of hydrogen-bond acceptors (Lipinski definition) is 7. The predicted octanol–water partition coefficient (Wildman–Crippen LogP) is 1.23. The van der Waals surface area contributed by atoms with E-state index in [9.17, 15) is 14.9 Å². The van der Waals surface area contributed by atoms with E-state index in [2.05, 4.69) is 22.1 Å². The lowest BCUT2D eigenvalue weighted by Crippen LogP contribution is -2.34. The van der Waals surface area contributed by atoms with Gasteiger partial charge in [-0.25, -0.2) is 0 Å². The molecule has 1 amide bonds. The molecule has 8 nitrogen and oxygen atoms in total. The molecule has 3 rings (SSSR count). The summed E-state index contributed by atoms with van der Waals surface area (Å²) in [7, 11) is 0. The largest absolute Gasteiger partial charge is 0.492 e. The van der Waals surface area contributed by atoms with E-state index in [0.29, 0.717) is 22.3 Å². The summed E-state index contributed by atoms with van der Waals surface area (Å²) in [6, 6.07) is 9.48. The normalized spacial score (nSPS) is 15.1. The summed E-state index contributed by atoms with van der Waals surface area (Å²) in [5, 5.41) is 15.2. The maximum atomic E-state index is 12.8. The number of amides is 1. The van der Waals surface area contributed by atoms with Gasteiger partial charge >= 0.3 is 0 Å². The number of nitriles is 1. The Morgan fingerprint density at radius 2 is 2.15 bits per heavy atom. The molecule has 1 aliphatic rings. The van der Waals surface area contributed by atoms with Crippen LogP contribution in [0.25, 0.3) is 11.8 Å². The van der Waals surface area contributed by atoms with Gasteiger partial charge in [-0.3, -0.25) is 19.1 Å². The van der Waals surface area contributed by atoms with E-state index in [-0.39, 0.29) is 17.7 Å². The van der Waals surface area contributed by atoms with Crippen LogP contribution in [0, 0.1) is 11.3 Å². The molecule has 1 aromatic carbocycles. The van der Waals surface area contributed by atoms with Gasteiger partial charge in [-0.05, 0) is 45.0 Å². The van der Waals surface area contributed by atoms with Gasteiger partial charge in [0.25, 0.3) is 11.5 Å². The maximum Gasteiger partial charge on any atom is 0.270 e. The van der Waals surface area contributed by atoms with Gasteiger partial charge in [0.2, 0.25) is 0 Å². The highest BCUT2D eigenvalue weighted by atomic mass is 32.1. The molecular formula is C24H29N5O3S. The molecule has 2 aromatic rings. The zero-order valence-electron chi connectivity index (χ0n) is 18.8. The lowest BCUT2D eigenvalue weighted by atomic mass is 10.3. The van der Waals surface area contributed by atoms with Crippen LogP contribution < -0.4 is 30.1 Å². The van der Waals surface area contributed by atoms with E-state index in [0.717, 1.165) is 42.4 Å². The number of anilines is 1. The van der Waals surface area contributed by atoms with Gasteiger partial charge in [0.15, 0.2) is 5.57 Å². The van der Waals surface area contributed by atoms with Crippen molar-refractivity contribution in [2.45, 2.75) is 26.3 Å². The molecule has 0 bridgehead atoms. The average Bonchev–Trinajstić information content (AvgIpc) is 3.45. The highest BCUT2D eigenvalue weighted by molar-refractivity contribution is 7.07. The molecule has 1 fully saturated rings. The molecule has 1 aliphatic heterocycles. The number of nitrogens with one attached hydrogen (secondary N) is 2. The van der Waals surface area contributed by atoms with Gasteiger partial charge in [-0.15, -0.1) is 17.9 Å². The molecule has 2 heterocycles. The first-order valence-corrected chi connectivity index (χ1v) is 11.8. The number of carbonyl (C=O) groups is 1. The van der Waals surface area contributed by atoms with E-state index in [4.69, 9.17) is 4.74 Å². The number of carbonyl (C=O) groups excluding carboxylic acids is 1. The molecule has 1 aromatic heterocycles. The average molecular weight is 468 g/mol. The zero-order chi connectivity index (χ0) is 23.6. The Balaban J connectivity index is 1.79. The summed E-state index contributed by atoms with van der Waals surface area (Å²) in [5.74, 6) is 0.226. The van der Waals surface area contributed by atoms with Crippen LogP contribution in [0.4, 0.5) is 5.69 Å². The van der Waals surface area contributed by atoms with Crippen molar-refractivity contribution in [2.75, 3.05) is 38.1 Å². The first-order chi connectivity index (χ1) is 16.1. The van der Waals surface area contributed by atoms with Gasteiger partial charge < -0.3 is 15.4 Å². The molecule has 0 radical (unpaired) electrons. The van der Waals surface area contributed by atoms with Crippen molar-refractivity contribution in [1.29, 1.82) is 5.26 Å². The summed E-state index contributed by atoms with van der Waals surface area (Å²) in [4.78, 5) is 27.6. The summed E-state index contributed by atoms with van der Waals surface area (Å²) in [6.07, 6.45) is 5.64. The Morgan fingerprint density at radius 3 is 2.85 bits per heavy atom. The van der Waals surface area contributed by atoms with E-state index in [1.807, 2.05) is 30.3 Å². The van der Waals surface area contributed by atoms with E-state index in [1.54, 1.807) is 13.1 Å². The number of ether oxygens (including phenoxy) is 1. The molecule has 33 heavy (non-hydrogen) atoms. The fourth-order valence-corrected chi connectivity index (χ4v) is 4.65. The summed E-state index contributed by atoms with van der Waals surface area (Å²) < 4.78 is 8.04. The number of nitrogens with zero attached hydrogens (tertiary/aromatic N) is 3. The van der Waals surface area contributed by atoms with Crippen LogP contribution in [0.1, 0.15) is 19.8 Å². The predicted molar refractivity (Wildman–Crippen MR) is 131 cm³/mol. The SMILES string of the molecule is C=CCNC(=O)C(C#N)=c1sc(=CNc2cccc(OCCN3CCCC3)c2)c(=O)n1CC. The van der Waals surface area contributed by atoms with Crippen molar-refractivity contribution in [3.8, 4) is 11.8 Å². The lowest BCUT2D eigenvalue weighted by Gasteiger charge is -2.15. The summed E-state index contributed by atoms with van der Waals surface area (Å²) >= 11 is 1.11. The Kier molecular flexibility index (Phi) is 8.87. The van der Waals surface area contributed by atoms with Crippen LogP contribution in [0.2, 0.25) is 0 Å². The molecule has 0 unspecified atom stereocenters. The van der Waals surface area contributed by atoms with Crippen LogP contribution in [0.15, 0.2) is 41.7 Å². The molecule has 1 saturated heterocycles. The third-order valence-corrected chi connectivity index (χ3v) is 6.39. The highest BCUT2D eigenvalue weighted by Crippen LogP contribution is 2.17. The van der Waals surface area contributed by atoms with Crippen molar-refractivity contribution in [3.63, 3.8) is 0 Å². The van der Waals surface area contributed by atoms with Crippen molar-refractivity contribution in [3.05, 3.63) is 56.5 Å². The Labute approximate surface area is 197 Å². The number of rotatable bonds is 10. The zero-order valence-corrected chi connectivity index (χ0v) is 19.6. The Bertz CT molecular complexity index is 1200. The molecular weight excluding hydrogens is 438 g/mol. The van der Waals surface area contributed by atoms with E-state index in [1.165, 1.54) is 23.5 Å². The number of hydrogen-bond donors (Lipinski definition) is 2. The maximum absolute atomic E-state index is 12.8. The summed E-state index contributed by atoms with van der Waals surface area (Å²) in [5.41, 5.74) is 0.431. The summed E-state index contributed by atoms with van der Waals surface area (Å²) in [6.45, 7) is 9.75. The minimum absolute atomic E-state index is 0.0890. The van der Waals surface area contributed by atoms with Gasteiger partial charge in [0.05, 0.1) is 0 Å². The van der Waals surface area contributed by atoms with Gasteiger partial charge in [-0.1, -0.05) is 12.1 Å². The van der Waals surface area contributed by atoms with Crippen LogP contribution in [0.5, 0.6) is 5.75 Å². The van der Waals surface area contributed by atoms with Gasteiger partial charge in [-0.2, -0.15) is 5.26 Å². The van der Waals surface area contributed by atoms with Gasteiger partial charge in [0.1, 0.15) is 27.6 Å². The fourth-order valence-electron chi connectivity index (χ4n) is 3.56. The second-order valence-corrected chi connectivity index (χ2v) is 8.55. The minimum Gasteiger partial charge on any atom is -0.492 e. The van der Waals surface area contributed by atoms with E-state index >= 15 is 0 Å². The van der Waals surface area contributed by atoms with Crippen LogP contribution >= 0.6 is 11.3 Å². The number of likely N-dealkylation sites (tertiary alicyclic amines) is 1. The van der Waals surface area contributed by atoms with Crippen LogP contribution in [0.3, 0.4) is 0 Å².